The lowest BCUT2D eigenvalue weighted by atomic mass is 9.99. The van der Waals surface area contributed by atoms with E-state index in [0.29, 0.717) is 12.5 Å². The Bertz CT molecular complexity index is 147. The summed E-state index contributed by atoms with van der Waals surface area (Å²) in [5.41, 5.74) is 11.9. The lowest BCUT2D eigenvalue weighted by molar-refractivity contribution is 0.643. The van der Waals surface area contributed by atoms with Gasteiger partial charge in [-0.25, -0.2) is 0 Å². The van der Waals surface area contributed by atoms with Crippen molar-refractivity contribution >= 4 is 0 Å². The second-order valence-corrected chi connectivity index (χ2v) is 2.33. The van der Waals surface area contributed by atoms with E-state index in [1.807, 2.05) is 12.2 Å². The Morgan fingerprint density at radius 2 is 2.44 bits per heavy atom. The Balaban J connectivity index is 2.51. The number of rotatable bonds is 1. The molecule has 0 radical (unpaired) electrons. The Morgan fingerprint density at radius 3 is 2.89 bits per heavy atom. The van der Waals surface area contributed by atoms with E-state index in [1.165, 1.54) is 0 Å². The van der Waals surface area contributed by atoms with Crippen molar-refractivity contribution in [2.45, 2.75) is 6.42 Å². The van der Waals surface area contributed by atoms with E-state index < -0.39 is 0 Å². The highest BCUT2D eigenvalue weighted by molar-refractivity contribution is 5.17. The van der Waals surface area contributed by atoms with Gasteiger partial charge in [-0.1, -0.05) is 12.2 Å². The minimum Gasteiger partial charge on any atom is -0.402 e. The van der Waals surface area contributed by atoms with Gasteiger partial charge in [0.05, 0.1) is 0 Å². The summed E-state index contributed by atoms with van der Waals surface area (Å²) in [6.07, 6.45) is 6.91. The molecule has 0 heterocycles. The minimum atomic E-state index is 0.468. The number of nitrogens with two attached hydrogens (primary N) is 2. The first-order chi connectivity index (χ1) is 4.33. The standard InChI is InChI=1S/C7H12N2/c8-5-6-2-1-3-7(9)4-6/h1-3,6H,4-5,8-9H2. The molecule has 1 unspecified atom stereocenters. The van der Waals surface area contributed by atoms with Crippen LogP contribution in [0.15, 0.2) is 23.9 Å². The first-order valence-corrected chi connectivity index (χ1v) is 3.16. The topological polar surface area (TPSA) is 52.0 Å². The highest BCUT2D eigenvalue weighted by Crippen LogP contribution is 2.12. The summed E-state index contributed by atoms with van der Waals surface area (Å²) in [5, 5.41) is 0. The summed E-state index contributed by atoms with van der Waals surface area (Å²) in [5.74, 6) is 0.468. The van der Waals surface area contributed by atoms with Gasteiger partial charge in [-0.05, 0) is 25.0 Å². The zero-order valence-electron chi connectivity index (χ0n) is 5.38. The van der Waals surface area contributed by atoms with Crippen molar-refractivity contribution in [2.24, 2.45) is 17.4 Å². The van der Waals surface area contributed by atoms with Gasteiger partial charge in [-0.3, -0.25) is 0 Å². The van der Waals surface area contributed by atoms with Crippen LogP contribution in [0.4, 0.5) is 0 Å². The van der Waals surface area contributed by atoms with Gasteiger partial charge in [0.15, 0.2) is 0 Å². The van der Waals surface area contributed by atoms with Crippen molar-refractivity contribution < 1.29 is 0 Å². The molecule has 2 heteroatoms. The van der Waals surface area contributed by atoms with Gasteiger partial charge >= 0.3 is 0 Å². The normalized spacial score (nSPS) is 25.9. The molecule has 0 aromatic heterocycles. The summed E-state index contributed by atoms with van der Waals surface area (Å²) < 4.78 is 0. The zero-order chi connectivity index (χ0) is 6.69. The van der Waals surface area contributed by atoms with Crippen LogP contribution in [0, 0.1) is 5.92 Å². The molecule has 0 spiro atoms. The van der Waals surface area contributed by atoms with Gasteiger partial charge in [-0.2, -0.15) is 0 Å². The molecule has 0 saturated heterocycles. The van der Waals surface area contributed by atoms with Crippen LogP contribution in [-0.4, -0.2) is 6.54 Å². The van der Waals surface area contributed by atoms with E-state index in [0.717, 1.165) is 12.1 Å². The van der Waals surface area contributed by atoms with E-state index >= 15 is 0 Å². The van der Waals surface area contributed by atoms with Crippen LogP contribution < -0.4 is 11.5 Å². The maximum Gasteiger partial charge on any atom is 0.00867 e. The zero-order valence-corrected chi connectivity index (χ0v) is 5.38. The minimum absolute atomic E-state index is 0.468. The largest absolute Gasteiger partial charge is 0.402 e. The van der Waals surface area contributed by atoms with Crippen molar-refractivity contribution in [3.05, 3.63) is 23.9 Å². The van der Waals surface area contributed by atoms with Gasteiger partial charge in [0, 0.05) is 5.70 Å². The van der Waals surface area contributed by atoms with Crippen molar-refractivity contribution in [1.29, 1.82) is 0 Å². The fourth-order valence-corrected chi connectivity index (χ4v) is 0.937. The van der Waals surface area contributed by atoms with E-state index in [-0.39, 0.29) is 0 Å². The van der Waals surface area contributed by atoms with Crippen molar-refractivity contribution in [2.75, 3.05) is 6.54 Å². The summed E-state index contributed by atoms with van der Waals surface area (Å²) in [6, 6.07) is 0. The predicted octanol–water partition coefficient (Wildman–Crippen LogP) is 0.364. The summed E-state index contributed by atoms with van der Waals surface area (Å²) in [6.45, 7) is 0.699. The molecular weight excluding hydrogens is 112 g/mol. The van der Waals surface area contributed by atoms with Crippen molar-refractivity contribution in [3.63, 3.8) is 0 Å². The SMILES string of the molecule is NCC1C=CC=C(N)C1. The molecule has 9 heavy (non-hydrogen) atoms. The summed E-state index contributed by atoms with van der Waals surface area (Å²) in [7, 11) is 0. The Labute approximate surface area is 55.2 Å². The Kier molecular flexibility index (Phi) is 1.90. The fraction of sp³-hybridized carbons (Fsp3) is 0.429. The lowest BCUT2D eigenvalue weighted by Crippen LogP contribution is -2.16. The maximum atomic E-state index is 5.56. The maximum absolute atomic E-state index is 5.56. The third kappa shape index (κ3) is 1.57. The lowest BCUT2D eigenvalue weighted by Gasteiger charge is -2.12. The summed E-state index contributed by atoms with van der Waals surface area (Å²) in [4.78, 5) is 0. The van der Waals surface area contributed by atoms with E-state index in [1.54, 1.807) is 0 Å². The average Bonchev–Trinajstić information content (AvgIpc) is 1.88. The molecule has 1 aliphatic carbocycles. The highest BCUT2D eigenvalue weighted by Gasteiger charge is 2.05. The van der Waals surface area contributed by atoms with Crippen LogP contribution in [0.5, 0.6) is 0 Å². The third-order valence-electron chi connectivity index (χ3n) is 1.49. The average molecular weight is 124 g/mol. The molecule has 0 bridgehead atoms. The van der Waals surface area contributed by atoms with Crippen LogP contribution in [0.25, 0.3) is 0 Å². The molecule has 1 rings (SSSR count). The molecule has 0 aliphatic heterocycles. The van der Waals surface area contributed by atoms with Crippen molar-refractivity contribution in [1.82, 2.24) is 0 Å². The van der Waals surface area contributed by atoms with E-state index in [4.69, 9.17) is 11.5 Å². The summed E-state index contributed by atoms with van der Waals surface area (Å²) >= 11 is 0. The third-order valence-corrected chi connectivity index (χ3v) is 1.49. The Hall–Kier alpha value is -0.760. The van der Waals surface area contributed by atoms with Gasteiger partial charge in [-0.15, -0.1) is 0 Å². The van der Waals surface area contributed by atoms with Gasteiger partial charge in [0.1, 0.15) is 0 Å². The number of allylic oxidation sites excluding steroid dienone is 3. The van der Waals surface area contributed by atoms with Gasteiger partial charge in [0.25, 0.3) is 0 Å². The van der Waals surface area contributed by atoms with Gasteiger partial charge < -0.3 is 11.5 Å². The van der Waals surface area contributed by atoms with Crippen LogP contribution in [0.3, 0.4) is 0 Å². The predicted molar refractivity (Wildman–Crippen MR) is 38.6 cm³/mol. The molecule has 0 saturated carbocycles. The Morgan fingerprint density at radius 1 is 1.67 bits per heavy atom. The monoisotopic (exact) mass is 124 g/mol. The first kappa shape index (κ1) is 6.36. The smallest absolute Gasteiger partial charge is 0.00867 e. The molecular formula is C7H12N2. The quantitative estimate of drug-likeness (QED) is 0.530. The van der Waals surface area contributed by atoms with Gasteiger partial charge in [0.2, 0.25) is 0 Å². The molecule has 1 atom stereocenters. The van der Waals surface area contributed by atoms with Crippen LogP contribution in [0.2, 0.25) is 0 Å². The molecule has 1 aliphatic rings. The molecule has 0 amide bonds. The molecule has 4 N–H and O–H groups in total. The molecule has 2 nitrogen and oxygen atoms in total. The van der Waals surface area contributed by atoms with Crippen LogP contribution in [-0.2, 0) is 0 Å². The number of hydrogen-bond donors (Lipinski definition) is 2. The van der Waals surface area contributed by atoms with Crippen molar-refractivity contribution in [3.8, 4) is 0 Å². The molecule has 0 aromatic carbocycles. The second kappa shape index (κ2) is 2.69. The highest BCUT2D eigenvalue weighted by atomic mass is 14.6. The van der Waals surface area contributed by atoms with E-state index in [9.17, 15) is 0 Å². The second-order valence-electron chi connectivity index (χ2n) is 2.33. The molecule has 0 fully saturated rings. The van der Waals surface area contributed by atoms with Crippen LogP contribution >= 0.6 is 0 Å². The first-order valence-electron chi connectivity index (χ1n) is 3.16. The number of hydrogen-bond acceptors (Lipinski definition) is 2. The van der Waals surface area contributed by atoms with E-state index in [2.05, 4.69) is 6.08 Å². The fourth-order valence-electron chi connectivity index (χ4n) is 0.937. The molecule has 0 aromatic rings. The molecule has 50 valence electrons. The van der Waals surface area contributed by atoms with Crippen LogP contribution in [0.1, 0.15) is 6.42 Å².